The third-order valence-electron chi connectivity index (χ3n) is 2.75. The van der Waals surface area contributed by atoms with Crippen LogP contribution in [0.2, 0.25) is 0 Å². The number of nitrogens with two attached hydrogens (primary N) is 1. The first-order chi connectivity index (χ1) is 9.45. The van der Waals surface area contributed by atoms with Crippen molar-refractivity contribution in [2.45, 2.75) is 24.5 Å². The highest BCUT2D eigenvalue weighted by atomic mass is 16.6. The van der Waals surface area contributed by atoms with Gasteiger partial charge in [0.2, 0.25) is 11.6 Å². The molecular formula is C9H11N5O6. The van der Waals surface area contributed by atoms with Crippen LogP contribution in [-0.2, 0) is 9.53 Å². The molecule has 1 saturated heterocycles. The number of anilines is 2. The number of nitrogens with one attached hydrogen (secondary N) is 1. The van der Waals surface area contributed by atoms with Crippen LogP contribution in [0.1, 0.15) is 0 Å². The Kier molecular flexibility index (Phi) is 3.74. The molecule has 0 bridgehead atoms. The van der Waals surface area contributed by atoms with E-state index in [2.05, 4.69) is 15.3 Å². The van der Waals surface area contributed by atoms with Crippen LogP contribution in [0.25, 0.3) is 0 Å². The van der Waals surface area contributed by atoms with Crippen LogP contribution >= 0.6 is 0 Å². The van der Waals surface area contributed by atoms with Gasteiger partial charge in [0.1, 0.15) is 24.6 Å². The molecule has 1 aliphatic rings. The molecule has 11 nitrogen and oxygen atoms in total. The second-order valence-electron chi connectivity index (χ2n) is 4.00. The SMILES string of the molecule is Nc1ncnc(N[C@@H]2O[C@H](C=O)[C@@H](O)[C@H]2O)c1[N+](=O)[O-]. The highest BCUT2D eigenvalue weighted by molar-refractivity contribution is 5.67. The van der Waals surface area contributed by atoms with Gasteiger partial charge in [-0.05, 0) is 0 Å². The summed E-state index contributed by atoms with van der Waals surface area (Å²) in [6.45, 7) is 0. The summed E-state index contributed by atoms with van der Waals surface area (Å²) in [6.07, 6.45) is -4.07. The zero-order chi connectivity index (χ0) is 14.9. The van der Waals surface area contributed by atoms with Gasteiger partial charge < -0.3 is 30.8 Å². The van der Waals surface area contributed by atoms with Crippen molar-refractivity contribution in [1.29, 1.82) is 0 Å². The van der Waals surface area contributed by atoms with E-state index in [1.165, 1.54) is 0 Å². The number of nitrogen functional groups attached to an aromatic ring is 1. The Balaban J connectivity index is 2.25. The molecule has 1 aromatic heterocycles. The van der Waals surface area contributed by atoms with Gasteiger partial charge in [0.05, 0.1) is 4.92 Å². The summed E-state index contributed by atoms with van der Waals surface area (Å²) < 4.78 is 5.01. The molecule has 1 fully saturated rings. The molecular weight excluding hydrogens is 274 g/mol. The molecule has 0 aliphatic carbocycles. The third-order valence-corrected chi connectivity index (χ3v) is 2.75. The average Bonchev–Trinajstić information content (AvgIpc) is 2.66. The van der Waals surface area contributed by atoms with Crippen molar-refractivity contribution in [3.63, 3.8) is 0 Å². The molecule has 0 aromatic carbocycles. The molecule has 20 heavy (non-hydrogen) atoms. The zero-order valence-corrected chi connectivity index (χ0v) is 9.91. The van der Waals surface area contributed by atoms with E-state index in [9.17, 15) is 25.1 Å². The van der Waals surface area contributed by atoms with Crippen molar-refractivity contribution in [3.8, 4) is 0 Å². The van der Waals surface area contributed by atoms with Gasteiger partial charge in [-0.25, -0.2) is 9.97 Å². The van der Waals surface area contributed by atoms with Crippen LogP contribution in [0.15, 0.2) is 6.33 Å². The van der Waals surface area contributed by atoms with E-state index >= 15 is 0 Å². The number of aliphatic hydroxyl groups excluding tert-OH is 2. The Morgan fingerprint density at radius 3 is 2.70 bits per heavy atom. The molecule has 0 spiro atoms. The Bertz CT molecular complexity index is 540. The number of aliphatic hydroxyl groups is 2. The summed E-state index contributed by atoms with van der Waals surface area (Å²) in [4.78, 5) is 27.8. The number of carbonyl (C=O) groups excluding carboxylic acids is 1. The summed E-state index contributed by atoms with van der Waals surface area (Å²) >= 11 is 0. The fourth-order valence-corrected chi connectivity index (χ4v) is 1.75. The van der Waals surface area contributed by atoms with E-state index in [-0.39, 0.29) is 11.6 Å². The van der Waals surface area contributed by atoms with Crippen molar-refractivity contribution in [3.05, 3.63) is 16.4 Å². The highest BCUT2D eigenvalue weighted by Crippen LogP contribution is 2.29. The molecule has 2 heterocycles. The smallest absolute Gasteiger partial charge is 0.353 e. The monoisotopic (exact) mass is 285 g/mol. The molecule has 11 heteroatoms. The Labute approximate surface area is 111 Å². The molecule has 0 amide bonds. The lowest BCUT2D eigenvalue weighted by Crippen LogP contribution is -2.36. The number of rotatable bonds is 4. The summed E-state index contributed by atoms with van der Waals surface area (Å²) in [5.41, 5.74) is 4.78. The Morgan fingerprint density at radius 1 is 1.45 bits per heavy atom. The van der Waals surface area contributed by atoms with Crippen molar-refractivity contribution in [1.82, 2.24) is 9.97 Å². The van der Waals surface area contributed by atoms with Gasteiger partial charge in [-0.2, -0.15) is 0 Å². The molecule has 4 atom stereocenters. The lowest BCUT2D eigenvalue weighted by atomic mass is 10.1. The largest absolute Gasteiger partial charge is 0.387 e. The molecule has 0 radical (unpaired) electrons. The lowest BCUT2D eigenvalue weighted by molar-refractivity contribution is -0.383. The number of aldehydes is 1. The van der Waals surface area contributed by atoms with Gasteiger partial charge in [-0.1, -0.05) is 0 Å². The maximum Gasteiger partial charge on any atom is 0.353 e. The van der Waals surface area contributed by atoms with Crippen LogP contribution < -0.4 is 11.1 Å². The standard InChI is InChI=1S/C9H11N5O6/c10-7-4(14(18)19)8(12-2-11-7)13-9-6(17)5(16)3(1-15)20-9/h1-3,5-6,9,16-17H,(H3,10,11,12,13)/t3-,5-,6-,9-/m1/s1. The minimum absolute atomic E-state index is 0.287. The molecule has 0 saturated carbocycles. The maximum atomic E-state index is 10.9. The van der Waals surface area contributed by atoms with Crippen LogP contribution in [0.3, 0.4) is 0 Å². The number of nitro groups is 1. The van der Waals surface area contributed by atoms with Crippen LogP contribution in [0.5, 0.6) is 0 Å². The van der Waals surface area contributed by atoms with Crippen molar-refractivity contribution in [2.75, 3.05) is 11.1 Å². The quantitative estimate of drug-likeness (QED) is 0.276. The van der Waals surface area contributed by atoms with Gasteiger partial charge in [0.25, 0.3) is 0 Å². The van der Waals surface area contributed by atoms with E-state index in [0.717, 1.165) is 6.33 Å². The van der Waals surface area contributed by atoms with Gasteiger partial charge in [-0.3, -0.25) is 10.1 Å². The van der Waals surface area contributed by atoms with Crippen LogP contribution in [-0.4, -0.2) is 55.9 Å². The minimum atomic E-state index is -1.46. The topological polar surface area (TPSA) is 174 Å². The van der Waals surface area contributed by atoms with E-state index in [4.69, 9.17) is 10.5 Å². The number of ether oxygens (including phenoxy) is 1. The molecule has 5 N–H and O–H groups in total. The lowest BCUT2D eigenvalue weighted by Gasteiger charge is -2.16. The predicted octanol–water partition coefficient (Wildman–Crippen LogP) is -1.98. The average molecular weight is 285 g/mol. The van der Waals surface area contributed by atoms with E-state index in [1.54, 1.807) is 0 Å². The molecule has 0 unspecified atom stereocenters. The van der Waals surface area contributed by atoms with Gasteiger partial charge in [-0.15, -0.1) is 0 Å². The van der Waals surface area contributed by atoms with E-state index in [0.29, 0.717) is 6.29 Å². The summed E-state index contributed by atoms with van der Waals surface area (Å²) in [6, 6.07) is 0. The molecule has 1 aromatic rings. The fourth-order valence-electron chi connectivity index (χ4n) is 1.75. The first-order valence-electron chi connectivity index (χ1n) is 5.44. The maximum absolute atomic E-state index is 10.9. The Morgan fingerprint density at radius 2 is 2.15 bits per heavy atom. The van der Waals surface area contributed by atoms with Gasteiger partial charge >= 0.3 is 5.69 Å². The fraction of sp³-hybridized carbons (Fsp3) is 0.444. The zero-order valence-electron chi connectivity index (χ0n) is 9.91. The number of hydrogen-bond donors (Lipinski definition) is 4. The number of aromatic nitrogens is 2. The normalized spacial score (nSPS) is 29.1. The second-order valence-corrected chi connectivity index (χ2v) is 4.00. The molecule has 2 rings (SSSR count). The first kappa shape index (κ1) is 14.0. The summed E-state index contributed by atoms with van der Waals surface area (Å²) in [5.74, 6) is -0.655. The van der Waals surface area contributed by atoms with E-state index in [1.807, 2.05) is 0 Å². The van der Waals surface area contributed by atoms with E-state index < -0.39 is 35.2 Å². The van der Waals surface area contributed by atoms with Crippen molar-refractivity contribution >= 4 is 23.6 Å². The van der Waals surface area contributed by atoms with Crippen LogP contribution in [0.4, 0.5) is 17.3 Å². The third kappa shape index (κ3) is 2.36. The highest BCUT2D eigenvalue weighted by Gasteiger charge is 2.43. The summed E-state index contributed by atoms with van der Waals surface area (Å²) in [5, 5.41) is 32.5. The number of hydrogen-bond acceptors (Lipinski definition) is 10. The Hall–Kier alpha value is -2.37. The minimum Gasteiger partial charge on any atom is -0.387 e. The summed E-state index contributed by atoms with van der Waals surface area (Å²) in [7, 11) is 0. The molecule has 1 aliphatic heterocycles. The van der Waals surface area contributed by atoms with Gasteiger partial charge in [0, 0.05) is 0 Å². The van der Waals surface area contributed by atoms with Gasteiger partial charge in [0.15, 0.2) is 12.5 Å². The molecule has 108 valence electrons. The predicted molar refractivity (Wildman–Crippen MR) is 63.5 cm³/mol. The number of nitrogens with zero attached hydrogens (tertiary/aromatic N) is 3. The van der Waals surface area contributed by atoms with Crippen molar-refractivity contribution in [2.24, 2.45) is 0 Å². The second kappa shape index (κ2) is 5.32. The van der Waals surface area contributed by atoms with Crippen molar-refractivity contribution < 1.29 is 24.7 Å². The number of carbonyl (C=O) groups is 1. The first-order valence-corrected chi connectivity index (χ1v) is 5.44. The van der Waals surface area contributed by atoms with Crippen LogP contribution in [0, 0.1) is 10.1 Å².